The molecule has 2 aliphatic rings. The standard InChI is InChI=1S/C18H18N6O6S4/c1-8-22-23-18(33-8)32-7-9-6-31-15-12(14(25)24(15)13(9)16(26)27)21-17(28)20-10-2-4-11(5-3-10)34(19,29)30/h2-5,12,15H,6-7H2,1H3,(H,26,27)(H2,19,29,30)(H2,20,21,28)/t12?,15-/m1/s1. The lowest BCUT2D eigenvalue weighted by molar-refractivity contribution is -0.148. The Balaban J connectivity index is 1.40. The number of primary sulfonamides is 1. The molecule has 16 heteroatoms. The molecule has 0 bridgehead atoms. The van der Waals surface area contributed by atoms with Gasteiger partial charge in [0.25, 0.3) is 5.91 Å². The van der Waals surface area contributed by atoms with Crippen molar-refractivity contribution >= 4 is 68.5 Å². The van der Waals surface area contributed by atoms with Gasteiger partial charge in [0.2, 0.25) is 10.0 Å². The van der Waals surface area contributed by atoms with E-state index in [1.54, 1.807) is 0 Å². The van der Waals surface area contributed by atoms with E-state index in [9.17, 15) is 27.9 Å². The summed E-state index contributed by atoms with van der Waals surface area (Å²) >= 11 is 4.13. The van der Waals surface area contributed by atoms with Crippen LogP contribution in [0.4, 0.5) is 10.5 Å². The van der Waals surface area contributed by atoms with Crippen molar-refractivity contribution in [2.75, 3.05) is 16.8 Å². The first kappa shape index (κ1) is 24.5. The Kier molecular flexibility index (Phi) is 6.86. The minimum absolute atomic E-state index is 0.0699. The maximum Gasteiger partial charge on any atom is 0.352 e. The number of rotatable bonds is 7. The van der Waals surface area contributed by atoms with Crippen LogP contribution < -0.4 is 15.8 Å². The zero-order chi connectivity index (χ0) is 24.6. The summed E-state index contributed by atoms with van der Waals surface area (Å²) < 4.78 is 23.4. The number of nitrogens with one attached hydrogen (secondary N) is 2. The molecule has 3 heterocycles. The molecule has 0 spiro atoms. The molecule has 1 fully saturated rings. The summed E-state index contributed by atoms with van der Waals surface area (Å²) in [6, 6.07) is 3.62. The number of sulfonamides is 1. The molecule has 12 nitrogen and oxygen atoms in total. The molecule has 3 amide bonds. The van der Waals surface area contributed by atoms with Gasteiger partial charge < -0.3 is 15.7 Å². The fourth-order valence-corrected chi connectivity index (χ4v) is 7.13. The predicted molar refractivity (Wildman–Crippen MR) is 127 cm³/mol. The number of β-lactam (4-membered cyclic amide) rings is 1. The average Bonchev–Trinajstić information content (AvgIpc) is 3.20. The lowest BCUT2D eigenvalue weighted by atomic mass is 10.0. The van der Waals surface area contributed by atoms with Gasteiger partial charge >= 0.3 is 12.0 Å². The van der Waals surface area contributed by atoms with Gasteiger partial charge in [0, 0.05) is 17.2 Å². The van der Waals surface area contributed by atoms with Crippen LogP contribution in [-0.2, 0) is 19.6 Å². The first-order valence-electron chi connectivity index (χ1n) is 9.58. The number of nitrogens with zero attached hydrogens (tertiary/aromatic N) is 3. The maximum absolute atomic E-state index is 12.7. The topological polar surface area (TPSA) is 185 Å². The van der Waals surface area contributed by atoms with Crippen molar-refractivity contribution in [2.24, 2.45) is 5.14 Å². The van der Waals surface area contributed by atoms with Gasteiger partial charge in [-0.3, -0.25) is 9.69 Å². The van der Waals surface area contributed by atoms with Crippen LogP contribution in [0.25, 0.3) is 0 Å². The molecule has 1 aromatic heterocycles. The number of amides is 3. The second-order valence-corrected chi connectivity index (χ2v) is 12.3. The monoisotopic (exact) mass is 542 g/mol. The van der Waals surface area contributed by atoms with Gasteiger partial charge in [-0.15, -0.1) is 22.0 Å². The molecular formula is C18H18N6O6S4. The molecule has 1 saturated heterocycles. The minimum atomic E-state index is -3.86. The van der Waals surface area contributed by atoms with Crippen LogP contribution in [0.1, 0.15) is 5.01 Å². The Bertz CT molecular complexity index is 1290. The van der Waals surface area contributed by atoms with Crippen molar-refractivity contribution in [3.8, 4) is 0 Å². The van der Waals surface area contributed by atoms with Gasteiger partial charge in [0.05, 0.1) is 4.90 Å². The molecule has 0 saturated carbocycles. The fourth-order valence-electron chi connectivity index (χ4n) is 3.32. The molecule has 5 N–H and O–H groups in total. The summed E-state index contributed by atoms with van der Waals surface area (Å²) in [5, 5.41) is 28.1. The van der Waals surface area contributed by atoms with Crippen LogP contribution in [0.2, 0.25) is 0 Å². The highest BCUT2D eigenvalue weighted by Gasteiger charge is 2.54. The third-order valence-corrected chi connectivity index (χ3v) is 9.18. The number of thioether (sulfide) groups is 2. The number of benzene rings is 1. The number of carbonyl (C=O) groups excluding carboxylic acids is 2. The van der Waals surface area contributed by atoms with Crippen LogP contribution in [0.5, 0.6) is 0 Å². The molecule has 2 aliphatic heterocycles. The third kappa shape index (κ3) is 5.05. The van der Waals surface area contributed by atoms with Crippen molar-refractivity contribution in [1.82, 2.24) is 20.4 Å². The highest BCUT2D eigenvalue weighted by atomic mass is 32.2. The maximum atomic E-state index is 12.7. The van der Waals surface area contributed by atoms with E-state index < -0.39 is 39.3 Å². The number of aryl methyl sites for hydroxylation is 1. The number of aliphatic carboxylic acids is 1. The van der Waals surface area contributed by atoms with Crippen LogP contribution in [0, 0.1) is 6.92 Å². The van der Waals surface area contributed by atoms with Crippen molar-refractivity contribution in [2.45, 2.75) is 27.6 Å². The van der Waals surface area contributed by atoms with Crippen LogP contribution in [0.3, 0.4) is 0 Å². The smallest absolute Gasteiger partial charge is 0.352 e. The van der Waals surface area contributed by atoms with Gasteiger partial charge in [0.15, 0.2) is 4.34 Å². The first-order chi connectivity index (χ1) is 16.0. The Morgan fingerprint density at radius 2 is 2.00 bits per heavy atom. The summed E-state index contributed by atoms with van der Waals surface area (Å²) in [5.74, 6) is -0.994. The number of carboxylic acids is 1. The Labute approximate surface area is 206 Å². The molecule has 1 unspecified atom stereocenters. The van der Waals surface area contributed by atoms with Gasteiger partial charge in [-0.05, 0) is 36.8 Å². The fraction of sp³-hybridized carbons (Fsp3) is 0.278. The van der Waals surface area contributed by atoms with Crippen LogP contribution in [-0.4, -0.2) is 69.5 Å². The number of hydrogen-bond acceptors (Lipinski definition) is 10. The number of hydrogen-bond donors (Lipinski definition) is 4. The molecule has 34 heavy (non-hydrogen) atoms. The normalized spacial score (nSPS) is 19.9. The highest BCUT2D eigenvalue weighted by molar-refractivity contribution is 8.01. The van der Waals surface area contributed by atoms with E-state index in [0.29, 0.717) is 27.1 Å². The second-order valence-electron chi connectivity index (χ2n) is 7.19. The average molecular weight is 543 g/mol. The molecule has 4 rings (SSSR count). The number of aromatic nitrogens is 2. The second kappa shape index (κ2) is 9.53. The SMILES string of the molecule is Cc1nnc(SCC2=C(C(=O)O)N3C(=O)C(NC(=O)Nc4ccc(S(N)(=O)=O)cc4)[C@H]3SC2)s1. The van der Waals surface area contributed by atoms with E-state index in [4.69, 9.17) is 5.14 Å². The number of nitrogens with two attached hydrogens (primary N) is 1. The van der Waals surface area contributed by atoms with Crippen molar-refractivity contribution in [3.05, 3.63) is 40.5 Å². The number of fused-ring (bicyclic) bond motifs is 1. The highest BCUT2D eigenvalue weighted by Crippen LogP contribution is 2.41. The van der Waals surface area contributed by atoms with E-state index in [1.165, 1.54) is 64.0 Å². The van der Waals surface area contributed by atoms with Crippen molar-refractivity contribution in [1.29, 1.82) is 0 Å². The summed E-state index contributed by atoms with van der Waals surface area (Å²) in [5.41, 5.74) is 0.819. The molecule has 1 aromatic carbocycles. The van der Waals surface area contributed by atoms with E-state index in [1.807, 2.05) is 6.92 Å². The predicted octanol–water partition coefficient (Wildman–Crippen LogP) is 1.03. The number of urea groups is 1. The third-order valence-electron chi connectivity index (χ3n) is 4.85. The largest absolute Gasteiger partial charge is 0.477 e. The Morgan fingerprint density at radius 1 is 1.29 bits per heavy atom. The van der Waals surface area contributed by atoms with Crippen molar-refractivity contribution < 1.29 is 27.9 Å². The lowest BCUT2D eigenvalue weighted by Gasteiger charge is -2.49. The molecule has 2 atom stereocenters. The van der Waals surface area contributed by atoms with Crippen LogP contribution in [0.15, 0.2) is 44.8 Å². The van der Waals surface area contributed by atoms with Gasteiger partial charge in [-0.25, -0.2) is 23.1 Å². The van der Waals surface area contributed by atoms with Crippen LogP contribution >= 0.6 is 34.9 Å². The molecule has 0 aliphatic carbocycles. The first-order valence-corrected chi connectivity index (χ1v) is 14.0. The molecule has 180 valence electrons. The van der Waals surface area contributed by atoms with Gasteiger partial charge in [-0.2, -0.15) is 0 Å². The van der Waals surface area contributed by atoms with Gasteiger partial charge in [0.1, 0.15) is 22.1 Å². The summed E-state index contributed by atoms with van der Waals surface area (Å²) in [6.07, 6.45) is 0. The van der Waals surface area contributed by atoms with E-state index in [0.717, 1.165) is 5.01 Å². The summed E-state index contributed by atoms with van der Waals surface area (Å²) in [4.78, 5) is 38.1. The summed E-state index contributed by atoms with van der Waals surface area (Å²) in [7, 11) is -3.86. The number of anilines is 1. The summed E-state index contributed by atoms with van der Waals surface area (Å²) in [6.45, 7) is 1.83. The van der Waals surface area contributed by atoms with Gasteiger partial charge in [-0.1, -0.05) is 23.1 Å². The number of carbonyl (C=O) groups is 3. The van der Waals surface area contributed by atoms with E-state index >= 15 is 0 Å². The zero-order valence-corrected chi connectivity index (χ0v) is 20.7. The molecular weight excluding hydrogens is 525 g/mol. The Morgan fingerprint density at radius 3 is 2.59 bits per heavy atom. The lowest BCUT2D eigenvalue weighted by Crippen LogP contribution is -2.71. The Hall–Kier alpha value is -2.66. The molecule has 0 radical (unpaired) electrons. The zero-order valence-electron chi connectivity index (χ0n) is 17.4. The quantitative estimate of drug-likeness (QED) is 0.291. The van der Waals surface area contributed by atoms with E-state index in [2.05, 4.69) is 20.8 Å². The van der Waals surface area contributed by atoms with Crippen molar-refractivity contribution in [3.63, 3.8) is 0 Å². The van der Waals surface area contributed by atoms with E-state index in [-0.39, 0.29) is 10.6 Å². The number of carboxylic acid groups (broad SMARTS) is 1. The minimum Gasteiger partial charge on any atom is -0.477 e. The molecule has 2 aromatic rings.